The molecule has 0 aliphatic heterocycles. The van der Waals surface area contributed by atoms with Gasteiger partial charge in [-0.05, 0) is 81.6 Å². The molecule has 0 fully saturated rings. The molecule has 0 bridgehead atoms. The van der Waals surface area contributed by atoms with Crippen molar-refractivity contribution in [3.8, 4) is 5.75 Å². The zero-order valence-corrected chi connectivity index (χ0v) is 21.1. The van der Waals surface area contributed by atoms with Gasteiger partial charge in [-0.2, -0.15) is 0 Å². The molecule has 0 aliphatic carbocycles. The van der Waals surface area contributed by atoms with E-state index < -0.39 is 15.9 Å². The van der Waals surface area contributed by atoms with Gasteiger partial charge in [-0.1, -0.05) is 42.0 Å². The average Bonchev–Trinajstić information content (AvgIpc) is 2.80. The molecule has 0 aromatic heterocycles. The molecule has 34 heavy (non-hydrogen) atoms. The summed E-state index contributed by atoms with van der Waals surface area (Å²) in [5.41, 5.74) is 4.03. The second-order valence-corrected chi connectivity index (χ2v) is 10.3. The summed E-state index contributed by atoms with van der Waals surface area (Å²) in [7, 11) is -3.96. The molecule has 0 unspecified atom stereocenters. The van der Waals surface area contributed by atoms with Gasteiger partial charge >= 0.3 is 0 Å². The van der Waals surface area contributed by atoms with Crippen LogP contribution in [0.4, 0.5) is 5.69 Å². The Morgan fingerprint density at radius 1 is 0.941 bits per heavy atom. The largest absolute Gasteiger partial charge is 0.494 e. The lowest BCUT2D eigenvalue weighted by atomic mass is 10.1. The van der Waals surface area contributed by atoms with E-state index in [9.17, 15) is 13.2 Å². The number of amides is 1. The third kappa shape index (κ3) is 5.97. The van der Waals surface area contributed by atoms with E-state index in [-0.39, 0.29) is 17.5 Å². The van der Waals surface area contributed by atoms with Crippen molar-refractivity contribution in [3.63, 3.8) is 0 Å². The van der Waals surface area contributed by atoms with Gasteiger partial charge in [0.05, 0.1) is 23.2 Å². The normalized spacial score (nSPS) is 12.1. The molecule has 0 radical (unpaired) electrons. The van der Waals surface area contributed by atoms with Gasteiger partial charge in [0, 0.05) is 0 Å². The van der Waals surface area contributed by atoms with Crippen LogP contribution in [-0.4, -0.2) is 27.5 Å². The molecule has 0 saturated heterocycles. The predicted octanol–water partition coefficient (Wildman–Crippen LogP) is 5.08. The van der Waals surface area contributed by atoms with Gasteiger partial charge in [-0.15, -0.1) is 0 Å². The predicted molar refractivity (Wildman–Crippen MR) is 136 cm³/mol. The third-order valence-electron chi connectivity index (χ3n) is 5.60. The maximum Gasteiger partial charge on any atom is 0.264 e. The fraction of sp³-hybridized carbons (Fsp3) is 0.296. The Morgan fingerprint density at radius 3 is 2.18 bits per heavy atom. The second kappa shape index (κ2) is 10.7. The van der Waals surface area contributed by atoms with Gasteiger partial charge in [-0.25, -0.2) is 8.42 Å². The minimum Gasteiger partial charge on any atom is -0.494 e. The molecule has 6 nitrogen and oxygen atoms in total. The van der Waals surface area contributed by atoms with Crippen LogP contribution in [0.25, 0.3) is 0 Å². The first-order chi connectivity index (χ1) is 16.1. The molecule has 3 rings (SSSR count). The smallest absolute Gasteiger partial charge is 0.264 e. The van der Waals surface area contributed by atoms with Crippen LogP contribution in [0.2, 0.25) is 0 Å². The summed E-state index contributed by atoms with van der Waals surface area (Å²) in [6, 6.07) is 19.4. The van der Waals surface area contributed by atoms with Crippen molar-refractivity contribution in [1.29, 1.82) is 0 Å². The fourth-order valence-corrected chi connectivity index (χ4v) is 5.12. The minimum absolute atomic E-state index is 0.145. The summed E-state index contributed by atoms with van der Waals surface area (Å²) in [6.07, 6.45) is 0. The standard InChI is InChI=1S/C27H32N2O4S/c1-6-33-24-13-11-23(12-14-24)22(5)28-27(30)18-29(26-17-20(3)7-10-21(26)4)34(31,32)25-15-8-19(2)9-16-25/h7-17,22H,6,18H2,1-5H3,(H,28,30)/t22-/m1/s1. The SMILES string of the molecule is CCOc1ccc([C@@H](C)NC(=O)CN(c2cc(C)ccc2C)S(=O)(=O)c2ccc(C)cc2)cc1. The number of aryl methyl sites for hydroxylation is 3. The molecule has 1 atom stereocenters. The van der Waals surface area contributed by atoms with Gasteiger partial charge in [0.1, 0.15) is 12.3 Å². The van der Waals surface area contributed by atoms with Crippen LogP contribution in [0.5, 0.6) is 5.75 Å². The van der Waals surface area contributed by atoms with Crippen molar-refractivity contribution in [2.24, 2.45) is 0 Å². The number of nitrogens with zero attached hydrogens (tertiary/aromatic N) is 1. The first kappa shape index (κ1) is 25.3. The average molecular weight is 481 g/mol. The first-order valence-electron chi connectivity index (χ1n) is 11.3. The van der Waals surface area contributed by atoms with Gasteiger partial charge in [-0.3, -0.25) is 9.10 Å². The number of benzene rings is 3. The summed E-state index contributed by atoms with van der Waals surface area (Å²) in [4.78, 5) is 13.2. The molecular weight excluding hydrogens is 448 g/mol. The Bertz CT molecular complexity index is 1240. The van der Waals surface area contributed by atoms with Gasteiger partial charge in [0.25, 0.3) is 10.0 Å². The van der Waals surface area contributed by atoms with Crippen molar-refractivity contribution >= 4 is 21.6 Å². The zero-order valence-electron chi connectivity index (χ0n) is 20.3. The second-order valence-electron chi connectivity index (χ2n) is 8.41. The molecule has 0 heterocycles. The Labute approximate surface area is 202 Å². The molecule has 7 heteroatoms. The quantitative estimate of drug-likeness (QED) is 0.463. The van der Waals surface area contributed by atoms with Crippen molar-refractivity contribution in [1.82, 2.24) is 5.32 Å². The van der Waals surface area contributed by atoms with Gasteiger partial charge in [0.15, 0.2) is 0 Å². The van der Waals surface area contributed by atoms with Crippen LogP contribution in [-0.2, 0) is 14.8 Å². The highest BCUT2D eigenvalue weighted by atomic mass is 32.2. The number of ether oxygens (including phenoxy) is 1. The number of carbonyl (C=O) groups is 1. The van der Waals surface area contributed by atoms with E-state index in [1.165, 1.54) is 4.31 Å². The summed E-state index contributed by atoms with van der Waals surface area (Å²) >= 11 is 0. The monoisotopic (exact) mass is 480 g/mol. The maximum atomic E-state index is 13.6. The van der Waals surface area contributed by atoms with Gasteiger partial charge in [0.2, 0.25) is 5.91 Å². The Hall–Kier alpha value is -3.32. The summed E-state index contributed by atoms with van der Waals surface area (Å²) in [6.45, 7) is 9.67. The minimum atomic E-state index is -3.96. The van der Waals surface area contributed by atoms with E-state index in [1.807, 2.05) is 71.0 Å². The van der Waals surface area contributed by atoms with Gasteiger partial charge < -0.3 is 10.1 Å². The lowest BCUT2D eigenvalue weighted by molar-refractivity contribution is -0.120. The van der Waals surface area contributed by atoms with Crippen molar-refractivity contribution < 1.29 is 17.9 Å². The molecule has 3 aromatic carbocycles. The lowest BCUT2D eigenvalue weighted by Crippen LogP contribution is -2.42. The molecule has 0 spiro atoms. The van der Waals surface area contributed by atoms with Crippen molar-refractivity contribution in [2.45, 2.75) is 45.6 Å². The summed E-state index contributed by atoms with van der Waals surface area (Å²) in [5.74, 6) is 0.369. The van der Waals surface area contributed by atoms with E-state index in [1.54, 1.807) is 30.3 Å². The van der Waals surface area contributed by atoms with Crippen LogP contribution < -0.4 is 14.4 Å². The molecule has 3 aromatic rings. The van der Waals surface area contributed by atoms with E-state index in [2.05, 4.69) is 5.32 Å². The third-order valence-corrected chi connectivity index (χ3v) is 7.37. The lowest BCUT2D eigenvalue weighted by Gasteiger charge is -2.27. The molecular formula is C27H32N2O4S. The molecule has 1 N–H and O–H groups in total. The number of sulfonamides is 1. The highest BCUT2D eigenvalue weighted by Gasteiger charge is 2.29. The molecule has 0 aliphatic rings. The topological polar surface area (TPSA) is 75.7 Å². The highest BCUT2D eigenvalue weighted by Crippen LogP contribution is 2.28. The maximum absolute atomic E-state index is 13.6. The Balaban J connectivity index is 1.88. The summed E-state index contributed by atoms with van der Waals surface area (Å²) < 4.78 is 33.9. The van der Waals surface area contributed by atoms with E-state index in [0.717, 1.165) is 28.0 Å². The van der Waals surface area contributed by atoms with Crippen LogP contribution in [0.1, 0.15) is 42.1 Å². The highest BCUT2D eigenvalue weighted by molar-refractivity contribution is 7.92. The number of hydrogen-bond acceptors (Lipinski definition) is 4. The molecule has 0 saturated carbocycles. The van der Waals surface area contributed by atoms with Crippen LogP contribution >= 0.6 is 0 Å². The van der Waals surface area contributed by atoms with Crippen molar-refractivity contribution in [2.75, 3.05) is 17.5 Å². The fourth-order valence-electron chi connectivity index (χ4n) is 3.65. The summed E-state index contributed by atoms with van der Waals surface area (Å²) in [5, 5.41) is 2.93. The molecule has 180 valence electrons. The van der Waals surface area contributed by atoms with Crippen molar-refractivity contribution in [3.05, 3.63) is 89.0 Å². The number of rotatable bonds is 9. The number of nitrogens with one attached hydrogen (secondary N) is 1. The number of hydrogen-bond donors (Lipinski definition) is 1. The number of carbonyl (C=O) groups excluding carboxylic acids is 1. The van der Waals surface area contributed by atoms with E-state index in [0.29, 0.717) is 12.3 Å². The van der Waals surface area contributed by atoms with Crippen LogP contribution in [0.3, 0.4) is 0 Å². The Kier molecular flexibility index (Phi) is 7.99. The van der Waals surface area contributed by atoms with E-state index >= 15 is 0 Å². The zero-order chi connectivity index (χ0) is 24.9. The van der Waals surface area contributed by atoms with Crippen LogP contribution in [0, 0.1) is 20.8 Å². The first-order valence-corrected chi connectivity index (χ1v) is 12.7. The Morgan fingerprint density at radius 2 is 1.56 bits per heavy atom. The number of anilines is 1. The van der Waals surface area contributed by atoms with E-state index in [4.69, 9.17) is 4.74 Å². The van der Waals surface area contributed by atoms with Crippen LogP contribution in [0.15, 0.2) is 71.6 Å². The molecule has 1 amide bonds.